The lowest BCUT2D eigenvalue weighted by molar-refractivity contribution is 0.0724. The van der Waals surface area contributed by atoms with Gasteiger partial charge >= 0.3 is 0 Å². The third-order valence-electron chi connectivity index (χ3n) is 4.93. The zero-order valence-electron chi connectivity index (χ0n) is 14.9. The molecule has 0 saturated heterocycles. The predicted octanol–water partition coefficient (Wildman–Crippen LogP) is 1.68. The standard InChI is InChI=1S/C20H16N6O2/c27-19-14-6-9-25(20(28)16-11-22-17-5-1-2-8-26(16)17)12-15(14)23-18(24-19)13-4-3-7-21-10-13/h1-5,7-8,10-11H,6,9,12H2,(H,23,24,27). The molecule has 0 atom stereocenters. The molecule has 1 aliphatic heterocycles. The number of fused-ring (bicyclic) bond motifs is 2. The van der Waals surface area contributed by atoms with Crippen molar-refractivity contribution in [2.24, 2.45) is 0 Å². The van der Waals surface area contributed by atoms with Gasteiger partial charge in [-0.15, -0.1) is 0 Å². The van der Waals surface area contributed by atoms with Crippen LogP contribution in [0.4, 0.5) is 0 Å². The quantitative estimate of drug-likeness (QED) is 0.577. The summed E-state index contributed by atoms with van der Waals surface area (Å²) in [6, 6.07) is 9.21. The van der Waals surface area contributed by atoms with Gasteiger partial charge in [0.05, 0.1) is 18.4 Å². The van der Waals surface area contributed by atoms with Crippen LogP contribution in [0.3, 0.4) is 0 Å². The average Bonchev–Trinajstić information content (AvgIpc) is 3.17. The highest BCUT2D eigenvalue weighted by Gasteiger charge is 2.27. The zero-order chi connectivity index (χ0) is 19.1. The summed E-state index contributed by atoms with van der Waals surface area (Å²) in [5.74, 6) is 0.329. The van der Waals surface area contributed by atoms with Crippen molar-refractivity contribution in [3.8, 4) is 11.4 Å². The molecular formula is C20H16N6O2. The van der Waals surface area contributed by atoms with E-state index in [9.17, 15) is 9.59 Å². The maximum Gasteiger partial charge on any atom is 0.272 e. The van der Waals surface area contributed by atoms with Crippen LogP contribution in [-0.4, -0.2) is 41.7 Å². The summed E-state index contributed by atoms with van der Waals surface area (Å²) in [6.07, 6.45) is 7.18. The number of amides is 1. The molecule has 5 heterocycles. The van der Waals surface area contributed by atoms with Gasteiger partial charge in [-0.05, 0) is 30.7 Å². The van der Waals surface area contributed by atoms with E-state index in [1.165, 1.54) is 0 Å². The highest BCUT2D eigenvalue weighted by atomic mass is 16.2. The van der Waals surface area contributed by atoms with Crippen molar-refractivity contribution in [1.82, 2.24) is 29.2 Å². The Labute approximate surface area is 159 Å². The highest BCUT2D eigenvalue weighted by molar-refractivity contribution is 5.93. The minimum absolute atomic E-state index is 0.130. The average molecular weight is 372 g/mol. The summed E-state index contributed by atoms with van der Waals surface area (Å²) < 4.78 is 1.77. The summed E-state index contributed by atoms with van der Waals surface area (Å²) in [5, 5.41) is 0. The lowest BCUT2D eigenvalue weighted by Gasteiger charge is -2.27. The first-order valence-electron chi connectivity index (χ1n) is 8.94. The molecule has 0 aromatic carbocycles. The Morgan fingerprint density at radius 2 is 2.07 bits per heavy atom. The first-order valence-corrected chi connectivity index (χ1v) is 8.94. The Balaban J connectivity index is 1.50. The zero-order valence-corrected chi connectivity index (χ0v) is 14.9. The smallest absolute Gasteiger partial charge is 0.272 e. The van der Waals surface area contributed by atoms with Gasteiger partial charge in [0.15, 0.2) is 0 Å². The molecule has 4 aromatic heterocycles. The number of rotatable bonds is 2. The Hall–Kier alpha value is -3.81. The second-order valence-corrected chi connectivity index (χ2v) is 6.63. The number of hydrogen-bond donors (Lipinski definition) is 1. The predicted molar refractivity (Wildman–Crippen MR) is 102 cm³/mol. The number of nitrogens with one attached hydrogen (secondary N) is 1. The minimum atomic E-state index is -0.161. The van der Waals surface area contributed by atoms with Gasteiger partial charge < -0.3 is 9.88 Å². The molecule has 1 aliphatic rings. The molecule has 8 heteroatoms. The van der Waals surface area contributed by atoms with Gasteiger partial charge in [0.1, 0.15) is 17.2 Å². The number of carbonyl (C=O) groups is 1. The summed E-state index contributed by atoms with van der Waals surface area (Å²) in [7, 11) is 0. The van der Waals surface area contributed by atoms with E-state index in [2.05, 4.69) is 19.9 Å². The molecule has 5 rings (SSSR count). The Morgan fingerprint density at radius 1 is 1.14 bits per heavy atom. The SMILES string of the molecule is O=C(c1cnc2ccccn12)N1CCc2c(nc(-c3cccnc3)[nH]c2=O)C1. The van der Waals surface area contributed by atoms with E-state index in [4.69, 9.17) is 0 Å². The highest BCUT2D eigenvalue weighted by Crippen LogP contribution is 2.20. The summed E-state index contributed by atoms with van der Waals surface area (Å²) in [6.45, 7) is 0.744. The number of carbonyl (C=O) groups excluding carboxylic acids is 1. The van der Waals surface area contributed by atoms with Crippen LogP contribution in [0, 0.1) is 0 Å². The second kappa shape index (κ2) is 6.41. The maximum absolute atomic E-state index is 13.1. The number of aromatic nitrogens is 5. The number of nitrogens with zero attached hydrogens (tertiary/aromatic N) is 5. The van der Waals surface area contributed by atoms with Crippen molar-refractivity contribution in [2.75, 3.05) is 6.54 Å². The fourth-order valence-electron chi connectivity index (χ4n) is 3.51. The first-order chi connectivity index (χ1) is 13.7. The molecule has 4 aromatic rings. The number of hydrogen-bond acceptors (Lipinski definition) is 5. The van der Waals surface area contributed by atoms with Gasteiger partial charge in [-0.25, -0.2) is 9.97 Å². The molecule has 0 radical (unpaired) electrons. The van der Waals surface area contributed by atoms with Crippen LogP contribution in [0.15, 0.2) is 59.9 Å². The number of H-pyrrole nitrogens is 1. The van der Waals surface area contributed by atoms with Gasteiger partial charge in [-0.1, -0.05) is 6.07 Å². The van der Waals surface area contributed by atoms with E-state index in [0.29, 0.717) is 35.7 Å². The molecule has 8 nitrogen and oxygen atoms in total. The Morgan fingerprint density at radius 3 is 2.93 bits per heavy atom. The molecule has 0 unspecified atom stereocenters. The van der Waals surface area contributed by atoms with Crippen LogP contribution in [-0.2, 0) is 13.0 Å². The van der Waals surface area contributed by atoms with Crippen molar-refractivity contribution in [3.63, 3.8) is 0 Å². The summed E-state index contributed by atoms with van der Waals surface area (Å²) in [4.78, 5) is 43.1. The second-order valence-electron chi connectivity index (χ2n) is 6.63. The van der Waals surface area contributed by atoms with Crippen LogP contribution in [0.2, 0.25) is 0 Å². The summed E-state index contributed by atoms with van der Waals surface area (Å²) >= 11 is 0. The first kappa shape index (κ1) is 16.4. The van der Waals surface area contributed by atoms with E-state index in [-0.39, 0.29) is 18.0 Å². The molecule has 0 bridgehead atoms. The molecule has 0 saturated carbocycles. The monoisotopic (exact) mass is 372 g/mol. The fourth-order valence-corrected chi connectivity index (χ4v) is 3.51. The molecule has 1 amide bonds. The molecule has 1 N–H and O–H groups in total. The van der Waals surface area contributed by atoms with Crippen LogP contribution >= 0.6 is 0 Å². The third kappa shape index (κ3) is 2.66. The normalized spacial score (nSPS) is 13.5. The van der Waals surface area contributed by atoms with Crippen molar-refractivity contribution < 1.29 is 4.79 Å². The topological polar surface area (TPSA) is 96.2 Å². The lowest BCUT2D eigenvalue weighted by Crippen LogP contribution is -2.39. The molecule has 0 fully saturated rings. The van der Waals surface area contributed by atoms with Gasteiger partial charge in [0.2, 0.25) is 0 Å². The minimum Gasteiger partial charge on any atom is -0.331 e. The van der Waals surface area contributed by atoms with Gasteiger partial charge in [0.25, 0.3) is 11.5 Å². The van der Waals surface area contributed by atoms with Crippen LogP contribution < -0.4 is 5.56 Å². The van der Waals surface area contributed by atoms with Crippen molar-refractivity contribution in [2.45, 2.75) is 13.0 Å². The van der Waals surface area contributed by atoms with Crippen LogP contribution in [0.5, 0.6) is 0 Å². The Bertz CT molecular complexity index is 1240. The number of aromatic amines is 1. The van der Waals surface area contributed by atoms with Crippen molar-refractivity contribution in [1.29, 1.82) is 0 Å². The largest absolute Gasteiger partial charge is 0.331 e. The van der Waals surface area contributed by atoms with Crippen molar-refractivity contribution in [3.05, 3.63) is 82.4 Å². The third-order valence-corrected chi connectivity index (χ3v) is 4.93. The molecule has 0 spiro atoms. The van der Waals surface area contributed by atoms with E-state index in [1.54, 1.807) is 34.0 Å². The summed E-state index contributed by atoms with van der Waals surface area (Å²) in [5.41, 5.74) is 3.04. The van der Waals surface area contributed by atoms with E-state index < -0.39 is 0 Å². The number of imidazole rings is 1. The molecule has 138 valence electrons. The van der Waals surface area contributed by atoms with Gasteiger partial charge in [-0.3, -0.25) is 19.0 Å². The number of pyridine rings is 2. The van der Waals surface area contributed by atoms with Gasteiger partial charge in [0, 0.05) is 36.3 Å². The lowest BCUT2D eigenvalue weighted by atomic mass is 10.1. The van der Waals surface area contributed by atoms with Crippen LogP contribution in [0.1, 0.15) is 21.7 Å². The maximum atomic E-state index is 13.1. The molecular weight excluding hydrogens is 356 g/mol. The van der Waals surface area contributed by atoms with E-state index in [0.717, 1.165) is 11.2 Å². The van der Waals surface area contributed by atoms with Crippen LogP contribution in [0.25, 0.3) is 17.0 Å². The fraction of sp³-hybridized carbons (Fsp3) is 0.150. The Kier molecular flexibility index (Phi) is 3.75. The molecule has 28 heavy (non-hydrogen) atoms. The van der Waals surface area contributed by atoms with E-state index in [1.807, 2.05) is 30.5 Å². The van der Waals surface area contributed by atoms with Gasteiger partial charge in [-0.2, -0.15) is 0 Å². The molecule has 0 aliphatic carbocycles. The van der Waals surface area contributed by atoms with E-state index >= 15 is 0 Å². The van der Waals surface area contributed by atoms with Crippen molar-refractivity contribution >= 4 is 11.6 Å².